The molecule has 0 aromatic heterocycles. The summed E-state index contributed by atoms with van der Waals surface area (Å²) in [7, 11) is 0.605. The largest absolute Gasteiger partial charge is 0.0739 e. The molecule has 1 unspecified atom stereocenters. The van der Waals surface area contributed by atoms with E-state index < -0.39 is 0 Å². The second-order valence-electron chi connectivity index (χ2n) is 5.09. The van der Waals surface area contributed by atoms with Crippen LogP contribution in [0.3, 0.4) is 0 Å². The molecular weight excluding hydrogens is 148 g/mol. The maximum atomic E-state index is 2.40. The van der Waals surface area contributed by atoms with Crippen molar-refractivity contribution in [3.05, 3.63) is 0 Å². The zero-order valence-corrected chi connectivity index (χ0v) is 10.3. The molecule has 0 aliphatic carbocycles. The molecular formula is C10H23Si. The fraction of sp³-hybridized carbons (Fsp3) is 1.00. The van der Waals surface area contributed by atoms with Gasteiger partial charge in [0.2, 0.25) is 0 Å². The molecule has 0 aliphatic heterocycles. The van der Waals surface area contributed by atoms with Gasteiger partial charge in [-0.2, -0.15) is 0 Å². The van der Waals surface area contributed by atoms with Gasteiger partial charge >= 0.3 is 0 Å². The third kappa shape index (κ3) is 2.33. The summed E-state index contributed by atoms with van der Waals surface area (Å²) in [6.45, 7) is 16.6. The second kappa shape index (κ2) is 3.30. The van der Waals surface area contributed by atoms with E-state index in [1.165, 1.54) is 0 Å². The highest BCUT2D eigenvalue weighted by Gasteiger charge is 2.36. The zero-order valence-electron chi connectivity index (χ0n) is 9.15. The Morgan fingerprint density at radius 1 is 1.00 bits per heavy atom. The first-order valence-corrected chi connectivity index (χ1v) is 6.35. The van der Waals surface area contributed by atoms with Crippen LogP contribution in [0.2, 0.25) is 12.1 Å². The molecule has 0 aromatic carbocycles. The quantitative estimate of drug-likeness (QED) is 0.559. The molecule has 0 N–H and O–H groups in total. The van der Waals surface area contributed by atoms with Gasteiger partial charge in [-0.25, -0.2) is 0 Å². The molecule has 0 spiro atoms. The van der Waals surface area contributed by atoms with Crippen molar-refractivity contribution >= 4 is 9.52 Å². The van der Waals surface area contributed by atoms with E-state index in [0.717, 1.165) is 5.54 Å². The summed E-state index contributed by atoms with van der Waals surface area (Å²) in [6, 6.07) is 0. The van der Waals surface area contributed by atoms with Gasteiger partial charge in [0.25, 0.3) is 0 Å². The summed E-state index contributed by atoms with van der Waals surface area (Å²) in [4.78, 5) is 0. The van der Waals surface area contributed by atoms with Crippen LogP contribution in [-0.2, 0) is 0 Å². The minimum atomic E-state index is 0.440. The van der Waals surface area contributed by atoms with Crippen molar-refractivity contribution in [1.29, 1.82) is 0 Å². The Balaban J connectivity index is 4.45. The fourth-order valence-corrected chi connectivity index (χ4v) is 2.43. The van der Waals surface area contributed by atoms with Crippen LogP contribution in [0.5, 0.6) is 0 Å². The highest BCUT2D eigenvalue weighted by Crippen LogP contribution is 2.46. The lowest BCUT2D eigenvalue weighted by molar-refractivity contribution is 0.126. The summed E-state index contributed by atoms with van der Waals surface area (Å²) in [5.41, 5.74) is 1.81. The van der Waals surface area contributed by atoms with Crippen LogP contribution in [-0.4, -0.2) is 9.52 Å². The van der Waals surface area contributed by atoms with Crippen molar-refractivity contribution < 1.29 is 0 Å². The topological polar surface area (TPSA) is 0 Å². The Morgan fingerprint density at radius 2 is 1.36 bits per heavy atom. The lowest BCUT2D eigenvalue weighted by atomic mass is 9.67. The average Bonchev–Trinajstić information content (AvgIpc) is 1.83. The standard InChI is InChI=1S/C10H23Si/c1-8(11-7)10(5,6)9(2,3)4/h8,11H,1-7H3. The van der Waals surface area contributed by atoms with Gasteiger partial charge in [-0.3, -0.25) is 0 Å². The van der Waals surface area contributed by atoms with Crippen molar-refractivity contribution in [3.8, 4) is 0 Å². The molecule has 1 atom stereocenters. The van der Waals surface area contributed by atoms with Crippen LogP contribution in [0.1, 0.15) is 41.5 Å². The van der Waals surface area contributed by atoms with Crippen molar-refractivity contribution in [2.24, 2.45) is 10.8 Å². The van der Waals surface area contributed by atoms with Gasteiger partial charge in [0.1, 0.15) is 0 Å². The van der Waals surface area contributed by atoms with Crippen LogP contribution < -0.4 is 0 Å². The predicted octanol–water partition coefficient (Wildman–Crippen LogP) is 3.35. The third-order valence-corrected chi connectivity index (χ3v) is 5.40. The predicted molar refractivity (Wildman–Crippen MR) is 55.7 cm³/mol. The molecule has 1 radical (unpaired) electrons. The molecule has 0 saturated carbocycles. The van der Waals surface area contributed by atoms with Crippen LogP contribution in [0, 0.1) is 10.8 Å². The van der Waals surface area contributed by atoms with E-state index in [1.807, 2.05) is 0 Å². The molecule has 67 valence electrons. The first-order chi connectivity index (χ1) is 4.73. The Bertz CT molecular complexity index is 119. The van der Waals surface area contributed by atoms with Crippen molar-refractivity contribution in [2.45, 2.75) is 53.6 Å². The molecule has 0 rings (SSSR count). The number of rotatable bonds is 2. The Morgan fingerprint density at radius 3 is 1.45 bits per heavy atom. The first-order valence-electron chi connectivity index (χ1n) is 4.53. The van der Waals surface area contributed by atoms with E-state index in [2.05, 4.69) is 48.1 Å². The fourth-order valence-electron chi connectivity index (χ4n) is 1.10. The van der Waals surface area contributed by atoms with Crippen molar-refractivity contribution in [1.82, 2.24) is 0 Å². The zero-order chi connectivity index (χ0) is 9.28. The molecule has 11 heavy (non-hydrogen) atoms. The molecule has 0 saturated heterocycles. The molecule has 0 aromatic rings. The van der Waals surface area contributed by atoms with E-state index in [1.54, 1.807) is 0 Å². The van der Waals surface area contributed by atoms with E-state index >= 15 is 0 Å². The number of hydrogen-bond donors (Lipinski definition) is 0. The highest BCUT2D eigenvalue weighted by atomic mass is 28.2. The summed E-state index contributed by atoms with van der Waals surface area (Å²) in [5.74, 6) is 0. The van der Waals surface area contributed by atoms with Gasteiger partial charge in [-0.05, 0) is 16.4 Å². The molecule has 0 heterocycles. The maximum absolute atomic E-state index is 2.40. The van der Waals surface area contributed by atoms with Gasteiger partial charge in [0, 0.05) is 9.52 Å². The lowest BCUT2D eigenvalue weighted by Gasteiger charge is -2.43. The molecule has 0 bridgehead atoms. The van der Waals surface area contributed by atoms with Gasteiger partial charge in [0.15, 0.2) is 0 Å². The number of hydrogen-bond acceptors (Lipinski definition) is 0. The summed E-state index contributed by atoms with van der Waals surface area (Å²) in [5, 5.41) is 0. The second-order valence-corrected chi connectivity index (χ2v) is 6.76. The van der Waals surface area contributed by atoms with Gasteiger partial charge in [-0.15, -0.1) is 0 Å². The van der Waals surface area contributed by atoms with Crippen LogP contribution in [0.15, 0.2) is 0 Å². The van der Waals surface area contributed by atoms with Gasteiger partial charge in [0.05, 0.1) is 0 Å². The molecule has 0 nitrogen and oxygen atoms in total. The van der Waals surface area contributed by atoms with Crippen LogP contribution in [0.4, 0.5) is 0 Å². The van der Waals surface area contributed by atoms with E-state index in [9.17, 15) is 0 Å². The highest BCUT2D eigenvalue weighted by molar-refractivity contribution is 6.35. The van der Waals surface area contributed by atoms with Crippen LogP contribution >= 0.6 is 0 Å². The van der Waals surface area contributed by atoms with Gasteiger partial charge in [-0.1, -0.05) is 48.1 Å². The monoisotopic (exact) mass is 171 g/mol. The van der Waals surface area contributed by atoms with Crippen LogP contribution in [0.25, 0.3) is 0 Å². The minimum absolute atomic E-state index is 0.440. The van der Waals surface area contributed by atoms with Crippen molar-refractivity contribution in [2.75, 3.05) is 0 Å². The molecule has 0 aliphatic rings. The van der Waals surface area contributed by atoms with E-state index in [0.29, 0.717) is 20.3 Å². The SMILES string of the molecule is C[SiH]C(C)C(C)(C)C(C)(C)C. The normalized spacial score (nSPS) is 16.6. The average molecular weight is 171 g/mol. The summed E-state index contributed by atoms with van der Waals surface area (Å²) >= 11 is 0. The van der Waals surface area contributed by atoms with E-state index in [-0.39, 0.29) is 0 Å². The van der Waals surface area contributed by atoms with Gasteiger partial charge < -0.3 is 0 Å². The molecule has 0 fully saturated rings. The summed E-state index contributed by atoms with van der Waals surface area (Å²) < 4.78 is 0. The maximum Gasteiger partial charge on any atom is 0.0285 e. The first kappa shape index (κ1) is 11.2. The van der Waals surface area contributed by atoms with E-state index in [4.69, 9.17) is 0 Å². The third-order valence-electron chi connectivity index (χ3n) is 3.57. The lowest BCUT2D eigenvalue weighted by Crippen LogP contribution is -2.34. The smallest absolute Gasteiger partial charge is 0.0285 e. The Hall–Kier alpha value is 0.217. The Kier molecular flexibility index (Phi) is 3.37. The molecule has 0 amide bonds. The molecule has 1 heteroatoms. The van der Waals surface area contributed by atoms with Crippen molar-refractivity contribution in [3.63, 3.8) is 0 Å². The minimum Gasteiger partial charge on any atom is -0.0739 e. The summed E-state index contributed by atoms with van der Waals surface area (Å²) in [6.07, 6.45) is 0. The Labute approximate surface area is 74.6 Å².